The molecule has 0 unspecified atom stereocenters. The molecule has 144 valence electrons. The highest BCUT2D eigenvalue weighted by molar-refractivity contribution is 7.80. The first-order chi connectivity index (χ1) is 13.2. The summed E-state index contributed by atoms with van der Waals surface area (Å²) in [6, 6.07) is 9.91. The summed E-state index contributed by atoms with van der Waals surface area (Å²) in [5.74, 6) is -0.179. The first kappa shape index (κ1) is 19.7. The second-order valence-corrected chi connectivity index (χ2v) is 7.40. The van der Waals surface area contributed by atoms with Gasteiger partial charge in [0, 0.05) is 37.1 Å². The number of thiazole rings is 1. The Morgan fingerprint density at radius 3 is 2.78 bits per heavy atom. The van der Waals surface area contributed by atoms with Crippen LogP contribution in [0.25, 0.3) is 11.3 Å². The quantitative estimate of drug-likeness (QED) is 0.492. The molecule has 3 rings (SSSR count). The van der Waals surface area contributed by atoms with Gasteiger partial charge in [0.05, 0.1) is 25.3 Å². The molecular weight excluding hydrogens is 382 g/mol. The Morgan fingerprint density at radius 2 is 2.00 bits per heavy atom. The van der Waals surface area contributed by atoms with Gasteiger partial charge in [0.15, 0.2) is 5.11 Å². The van der Waals surface area contributed by atoms with Crippen molar-refractivity contribution in [2.75, 3.05) is 39.4 Å². The highest BCUT2D eigenvalue weighted by Crippen LogP contribution is 2.21. The van der Waals surface area contributed by atoms with Gasteiger partial charge in [0.2, 0.25) is 5.91 Å². The molecule has 27 heavy (non-hydrogen) atoms. The van der Waals surface area contributed by atoms with Crippen molar-refractivity contribution in [2.24, 2.45) is 0 Å². The first-order valence-corrected chi connectivity index (χ1v) is 10.1. The Kier molecular flexibility index (Phi) is 7.52. The number of amides is 1. The second kappa shape index (κ2) is 10.3. The van der Waals surface area contributed by atoms with Crippen LogP contribution in [0.4, 0.5) is 0 Å². The fourth-order valence-corrected chi connectivity index (χ4v) is 3.59. The number of thiocarbonyl (C=S) groups is 1. The number of carbonyl (C=O) groups excluding carboxylic acids is 1. The Morgan fingerprint density at radius 1 is 1.22 bits per heavy atom. The van der Waals surface area contributed by atoms with Crippen LogP contribution in [0.15, 0.2) is 35.7 Å². The average molecular weight is 406 g/mol. The molecule has 1 aromatic heterocycles. The summed E-state index contributed by atoms with van der Waals surface area (Å²) in [6.07, 6.45) is 0.209. The molecule has 7 nitrogen and oxygen atoms in total. The van der Waals surface area contributed by atoms with Gasteiger partial charge in [-0.15, -0.1) is 11.3 Å². The average Bonchev–Trinajstić information content (AvgIpc) is 3.16. The molecule has 2 aromatic rings. The molecule has 1 amide bonds. The Balaban J connectivity index is 1.34. The number of nitrogens with one attached hydrogen (secondary N) is 3. The number of benzene rings is 1. The molecule has 0 atom stereocenters. The number of hydrazine groups is 1. The van der Waals surface area contributed by atoms with Crippen LogP contribution in [0, 0.1) is 0 Å². The molecule has 0 aliphatic carbocycles. The van der Waals surface area contributed by atoms with Crippen LogP contribution < -0.4 is 16.2 Å². The van der Waals surface area contributed by atoms with E-state index >= 15 is 0 Å². The summed E-state index contributed by atoms with van der Waals surface area (Å²) in [5, 5.41) is 6.21. The van der Waals surface area contributed by atoms with Crippen LogP contribution in [0.1, 0.15) is 5.01 Å². The third kappa shape index (κ3) is 6.55. The minimum absolute atomic E-state index is 0.179. The predicted octanol–water partition coefficient (Wildman–Crippen LogP) is 1.18. The predicted molar refractivity (Wildman–Crippen MR) is 110 cm³/mol. The van der Waals surface area contributed by atoms with Crippen molar-refractivity contribution in [3.8, 4) is 11.3 Å². The Hall–Kier alpha value is -2.07. The van der Waals surface area contributed by atoms with E-state index in [0.717, 1.165) is 49.1 Å². The topological polar surface area (TPSA) is 78.5 Å². The molecule has 3 N–H and O–H groups in total. The van der Waals surface area contributed by atoms with Crippen LogP contribution in [-0.4, -0.2) is 60.3 Å². The van der Waals surface area contributed by atoms with Crippen molar-refractivity contribution in [2.45, 2.75) is 6.42 Å². The van der Waals surface area contributed by atoms with Crippen LogP contribution in [-0.2, 0) is 16.0 Å². The third-order valence-electron chi connectivity index (χ3n) is 4.07. The zero-order valence-corrected chi connectivity index (χ0v) is 16.6. The van der Waals surface area contributed by atoms with Crippen molar-refractivity contribution in [3.63, 3.8) is 0 Å². The van der Waals surface area contributed by atoms with Crippen molar-refractivity contribution in [1.82, 2.24) is 26.1 Å². The van der Waals surface area contributed by atoms with Gasteiger partial charge in [-0.3, -0.25) is 20.5 Å². The summed E-state index contributed by atoms with van der Waals surface area (Å²) in [6.45, 7) is 5.05. The molecule has 0 radical (unpaired) electrons. The van der Waals surface area contributed by atoms with Crippen LogP contribution in [0.2, 0.25) is 0 Å². The lowest BCUT2D eigenvalue weighted by molar-refractivity contribution is -0.121. The van der Waals surface area contributed by atoms with Crippen molar-refractivity contribution in [1.29, 1.82) is 0 Å². The molecule has 1 aromatic carbocycles. The maximum Gasteiger partial charge on any atom is 0.245 e. The monoisotopic (exact) mass is 405 g/mol. The number of nitrogens with zero attached hydrogens (tertiary/aromatic N) is 2. The second-order valence-electron chi connectivity index (χ2n) is 6.05. The van der Waals surface area contributed by atoms with E-state index in [9.17, 15) is 4.79 Å². The number of rotatable bonds is 6. The lowest BCUT2D eigenvalue weighted by atomic mass is 10.2. The van der Waals surface area contributed by atoms with Gasteiger partial charge in [0.25, 0.3) is 0 Å². The molecule has 9 heteroatoms. The van der Waals surface area contributed by atoms with Gasteiger partial charge in [0.1, 0.15) is 5.01 Å². The van der Waals surface area contributed by atoms with Gasteiger partial charge >= 0.3 is 0 Å². The van der Waals surface area contributed by atoms with Gasteiger partial charge < -0.3 is 10.1 Å². The lowest BCUT2D eigenvalue weighted by Gasteiger charge is -2.26. The summed E-state index contributed by atoms with van der Waals surface area (Å²) in [4.78, 5) is 18.9. The molecule has 0 saturated carbocycles. The smallest absolute Gasteiger partial charge is 0.245 e. The number of morpholine rings is 1. The van der Waals surface area contributed by atoms with E-state index in [-0.39, 0.29) is 12.3 Å². The van der Waals surface area contributed by atoms with Gasteiger partial charge in [-0.1, -0.05) is 30.3 Å². The number of aromatic nitrogens is 1. The molecule has 0 spiro atoms. The molecule has 1 aliphatic rings. The minimum Gasteiger partial charge on any atom is -0.379 e. The van der Waals surface area contributed by atoms with Crippen LogP contribution in [0.5, 0.6) is 0 Å². The highest BCUT2D eigenvalue weighted by atomic mass is 32.1. The third-order valence-corrected chi connectivity index (χ3v) is 5.16. The highest BCUT2D eigenvalue weighted by Gasteiger charge is 2.11. The normalized spacial score (nSPS) is 14.5. The molecule has 1 fully saturated rings. The fourth-order valence-electron chi connectivity index (χ4n) is 2.64. The van der Waals surface area contributed by atoms with Gasteiger partial charge in [-0.25, -0.2) is 4.98 Å². The van der Waals surface area contributed by atoms with Gasteiger partial charge in [-0.2, -0.15) is 0 Å². The fraction of sp³-hybridized carbons (Fsp3) is 0.389. The van der Waals surface area contributed by atoms with E-state index in [1.165, 1.54) is 11.3 Å². The minimum atomic E-state index is -0.179. The number of hydrogen-bond donors (Lipinski definition) is 3. The van der Waals surface area contributed by atoms with Crippen molar-refractivity contribution >= 4 is 34.6 Å². The zero-order chi connectivity index (χ0) is 18.9. The maximum absolute atomic E-state index is 12.1. The summed E-state index contributed by atoms with van der Waals surface area (Å²) >= 11 is 6.65. The SMILES string of the molecule is O=C(Cc1nc(-c2ccccc2)cs1)NNC(=S)NCCN1CCOCC1. The lowest BCUT2D eigenvalue weighted by Crippen LogP contribution is -2.49. The molecular formula is C18H23N5O2S2. The van der Waals surface area contributed by atoms with E-state index in [1.54, 1.807) is 0 Å². The number of carbonyl (C=O) groups is 1. The summed E-state index contributed by atoms with van der Waals surface area (Å²) in [5.41, 5.74) is 7.27. The first-order valence-electron chi connectivity index (χ1n) is 8.83. The van der Waals surface area contributed by atoms with E-state index in [1.807, 2.05) is 35.7 Å². The van der Waals surface area contributed by atoms with Crippen molar-refractivity contribution in [3.05, 3.63) is 40.7 Å². The van der Waals surface area contributed by atoms with E-state index < -0.39 is 0 Å². The van der Waals surface area contributed by atoms with E-state index in [2.05, 4.69) is 26.1 Å². The number of hydrogen-bond acceptors (Lipinski definition) is 6. The maximum atomic E-state index is 12.1. The van der Waals surface area contributed by atoms with Crippen LogP contribution in [0.3, 0.4) is 0 Å². The van der Waals surface area contributed by atoms with Gasteiger partial charge in [-0.05, 0) is 12.2 Å². The Bertz CT molecular complexity index is 747. The Labute approximate surface area is 168 Å². The molecule has 1 aliphatic heterocycles. The molecule has 1 saturated heterocycles. The summed E-state index contributed by atoms with van der Waals surface area (Å²) in [7, 11) is 0. The summed E-state index contributed by atoms with van der Waals surface area (Å²) < 4.78 is 5.32. The molecule has 0 bridgehead atoms. The largest absolute Gasteiger partial charge is 0.379 e. The number of ether oxygens (including phenoxy) is 1. The van der Waals surface area contributed by atoms with Crippen LogP contribution >= 0.6 is 23.6 Å². The standard InChI is InChI=1S/C18H23N5O2S2/c24-16(12-17-20-15(13-27-17)14-4-2-1-3-5-14)21-22-18(26)19-6-7-23-8-10-25-11-9-23/h1-5,13H,6-12H2,(H,21,24)(H2,19,22,26). The van der Waals surface area contributed by atoms with E-state index in [4.69, 9.17) is 17.0 Å². The van der Waals surface area contributed by atoms with E-state index in [0.29, 0.717) is 11.7 Å². The van der Waals surface area contributed by atoms with Crippen molar-refractivity contribution < 1.29 is 9.53 Å². The molecule has 2 heterocycles. The zero-order valence-electron chi connectivity index (χ0n) is 14.9.